The Morgan fingerprint density at radius 2 is 2.08 bits per heavy atom. The second kappa shape index (κ2) is 3.82. The van der Waals surface area contributed by atoms with Gasteiger partial charge in [0.15, 0.2) is 0 Å². The van der Waals surface area contributed by atoms with Gasteiger partial charge in [-0.05, 0) is 12.8 Å². The van der Waals surface area contributed by atoms with Crippen molar-refractivity contribution in [1.82, 2.24) is 5.32 Å². The Hall–Kier alpha value is -0.320. The van der Waals surface area contributed by atoms with Gasteiger partial charge in [0.1, 0.15) is 6.04 Å². The molecule has 0 aromatic rings. The third kappa shape index (κ3) is 1.66. The van der Waals surface area contributed by atoms with Crippen molar-refractivity contribution in [3.8, 4) is 0 Å². The zero-order valence-electron chi connectivity index (χ0n) is 7.28. The van der Waals surface area contributed by atoms with Crippen LogP contribution >= 0.6 is 12.4 Å². The summed E-state index contributed by atoms with van der Waals surface area (Å²) < 4.78 is 5.21. The van der Waals surface area contributed by atoms with Crippen LogP contribution in [0.4, 0.5) is 0 Å². The molecule has 1 spiro atoms. The molecule has 0 radical (unpaired) electrons. The summed E-state index contributed by atoms with van der Waals surface area (Å²) in [5.41, 5.74) is 0.00405. The Kier molecular flexibility index (Phi) is 3.16. The molecule has 2 saturated heterocycles. The third-order valence-electron chi connectivity index (χ3n) is 3.01. The van der Waals surface area contributed by atoms with E-state index in [4.69, 9.17) is 9.84 Å². The van der Waals surface area contributed by atoms with Crippen molar-refractivity contribution in [2.75, 3.05) is 19.8 Å². The second-order valence-corrected chi connectivity index (χ2v) is 3.63. The molecule has 76 valence electrons. The van der Waals surface area contributed by atoms with Crippen LogP contribution in [0.1, 0.15) is 12.8 Å². The maximum Gasteiger partial charge on any atom is 0.321 e. The normalized spacial score (nSPS) is 30.3. The Bertz CT molecular complexity index is 204. The zero-order chi connectivity index (χ0) is 8.60. The predicted octanol–water partition coefficient (Wildman–Crippen LogP) is 0.261. The summed E-state index contributed by atoms with van der Waals surface area (Å²) in [7, 11) is 0. The molecule has 2 fully saturated rings. The molecule has 4 nitrogen and oxygen atoms in total. The smallest absolute Gasteiger partial charge is 0.321 e. The molecule has 2 N–H and O–H groups in total. The predicted molar refractivity (Wildman–Crippen MR) is 49.2 cm³/mol. The van der Waals surface area contributed by atoms with Crippen molar-refractivity contribution in [2.45, 2.75) is 18.9 Å². The van der Waals surface area contributed by atoms with Crippen LogP contribution in [0.5, 0.6) is 0 Å². The summed E-state index contributed by atoms with van der Waals surface area (Å²) in [5, 5.41) is 11.8. The van der Waals surface area contributed by atoms with E-state index in [9.17, 15) is 4.79 Å². The highest BCUT2D eigenvalue weighted by atomic mass is 35.5. The Morgan fingerprint density at radius 1 is 1.46 bits per heavy atom. The van der Waals surface area contributed by atoms with Crippen LogP contribution in [0, 0.1) is 5.41 Å². The molecule has 0 amide bonds. The molecule has 0 aromatic carbocycles. The van der Waals surface area contributed by atoms with Gasteiger partial charge in [0, 0.05) is 25.2 Å². The molecule has 1 atom stereocenters. The van der Waals surface area contributed by atoms with Crippen LogP contribution in [0.15, 0.2) is 0 Å². The summed E-state index contributed by atoms with van der Waals surface area (Å²) in [6, 6.07) is -0.332. The van der Waals surface area contributed by atoms with E-state index < -0.39 is 5.97 Å². The Morgan fingerprint density at radius 3 is 2.46 bits per heavy atom. The standard InChI is InChI=1S/C8H13NO3.ClH/c10-7(11)6-8(5-9-6)1-3-12-4-2-8;/h6,9H,1-5H2,(H,10,11);1H. The minimum atomic E-state index is -0.719. The highest BCUT2D eigenvalue weighted by molar-refractivity contribution is 5.85. The van der Waals surface area contributed by atoms with Crippen LogP contribution in [0.25, 0.3) is 0 Å². The first-order valence-corrected chi connectivity index (χ1v) is 4.29. The second-order valence-electron chi connectivity index (χ2n) is 3.63. The first-order valence-electron chi connectivity index (χ1n) is 4.29. The van der Waals surface area contributed by atoms with E-state index in [-0.39, 0.29) is 23.9 Å². The van der Waals surface area contributed by atoms with Gasteiger partial charge < -0.3 is 15.2 Å². The van der Waals surface area contributed by atoms with Crippen LogP contribution in [0.3, 0.4) is 0 Å². The van der Waals surface area contributed by atoms with Crippen molar-refractivity contribution in [3.63, 3.8) is 0 Å². The minimum Gasteiger partial charge on any atom is -0.480 e. The summed E-state index contributed by atoms with van der Waals surface area (Å²) in [4.78, 5) is 10.8. The number of carboxylic acid groups (broad SMARTS) is 1. The number of aliphatic carboxylic acids is 1. The van der Waals surface area contributed by atoms with Crippen LogP contribution in [-0.4, -0.2) is 36.9 Å². The zero-order valence-corrected chi connectivity index (χ0v) is 8.10. The SMILES string of the molecule is Cl.O=C(O)C1NCC12CCOCC2. The topological polar surface area (TPSA) is 58.6 Å². The van der Waals surface area contributed by atoms with Gasteiger partial charge in [-0.1, -0.05) is 0 Å². The minimum absolute atomic E-state index is 0. The third-order valence-corrected chi connectivity index (χ3v) is 3.01. The Labute approximate surface area is 83.1 Å². The van der Waals surface area contributed by atoms with Gasteiger partial charge >= 0.3 is 5.97 Å². The molecule has 0 bridgehead atoms. The number of nitrogens with one attached hydrogen (secondary N) is 1. The maximum atomic E-state index is 10.8. The van der Waals surface area contributed by atoms with Crippen molar-refractivity contribution in [1.29, 1.82) is 0 Å². The van der Waals surface area contributed by atoms with E-state index in [1.807, 2.05) is 0 Å². The van der Waals surface area contributed by atoms with Gasteiger partial charge in [-0.3, -0.25) is 4.79 Å². The molecule has 0 saturated carbocycles. The number of carboxylic acids is 1. The molecule has 5 heteroatoms. The number of ether oxygens (including phenoxy) is 1. The average molecular weight is 208 g/mol. The summed E-state index contributed by atoms with van der Waals surface area (Å²) in [5.74, 6) is -0.719. The van der Waals surface area contributed by atoms with Crippen molar-refractivity contribution in [3.05, 3.63) is 0 Å². The van der Waals surface area contributed by atoms with Gasteiger partial charge in [-0.2, -0.15) is 0 Å². The maximum absolute atomic E-state index is 10.8. The first kappa shape index (κ1) is 10.8. The fourth-order valence-electron chi connectivity index (χ4n) is 2.09. The lowest BCUT2D eigenvalue weighted by atomic mass is 9.68. The fraction of sp³-hybridized carbons (Fsp3) is 0.875. The van der Waals surface area contributed by atoms with E-state index in [1.165, 1.54) is 0 Å². The molecule has 0 aliphatic carbocycles. The van der Waals surface area contributed by atoms with E-state index in [2.05, 4.69) is 5.32 Å². The highest BCUT2D eigenvalue weighted by Crippen LogP contribution is 2.39. The van der Waals surface area contributed by atoms with E-state index in [0.717, 1.165) is 19.4 Å². The van der Waals surface area contributed by atoms with Crippen LogP contribution in [0.2, 0.25) is 0 Å². The first-order chi connectivity index (χ1) is 5.75. The molecule has 2 aliphatic heterocycles. The summed E-state index contributed by atoms with van der Waals surface area (Å²) >= 11 is 0. The number of halogens is 1. The average Bonchev–Trinajstić information content (AvgIpc) is 2.03. The molecule has 1 unspecified atom stereocenters. The van der Waals surface area contributed by atoms with Crippen molar-refractivity contribution < 1.29 is 14.6 Å². The van der Waals surface area contributed by atoms with E-state index in [0.29, 0.717) is 13.2 Å². The van der Waals surface area contributed by atoms with Gasteiger partial charge in [0.05, 0.1) is 0 Å². The summed E-state index contributed by atoms with van der Waals surface area (Å²) in [6.07, 6.45) is 1.77. The fourth-order valence-corrected chi connectivity index (χ4v) is 2.09. The van der Waals surface area contributed by atoms with E-state index >= 15 is 0 Å². The molecule has 2 aliphatic rings. The molecular formula is C8H14ClNO3. The van der Waals surface area contributed by atoms with Crippen molar-refractivity contribution >= 4 is 18.4 Å². The molecular weight excluding hydrogens is 194 g/mol. The van der Waals surface area contributed by atoms with Gasteiger partial charge in [0.25, 0.3) is 0 Å². The molecule has 0 aromatic heterocycles. The van der Waals surface area contributed by atoms with Crippen molar-refractivity contribution in [2.24, 2.45) is 5.41 Å². The molecule has 13 heavy (non-hydrogen) atoms. The van der Waals surface area contributed by atoms with Crippen LogP contribution in [-0.2, 0) is 9.53 Å². The quantitative estimate of drug-likeness (QED) is 0.648. The number of rotatable bonds is 1. The van der Waals surface area contributed by atoms with Gasteiger partial charge in [0.2, 0.25) is 0 Å². The Balaban J connectivity index is 0.000000845. The van der Waals surface area contributed by atoms with Crippen LogP contribution < -0.4 is 5.32 Å². The monoisotopic (exact) mass is 207 g/mol. The lowest BCUT2D eigenvalue weighted by Crippen LogP contribution is -2.67. The highest BCUT2D eigenvalue weighted by Gasteiger charge is 2.51. The lowest BCUT2D eigenvalue weighted by molar-refractivity contribution is -0.152. The van der Waals surface area contributed by atoms with Gasteiger partial charge in [-0.15, -0.1) is 12.4 Å². The number of hydrogen-bond acceptors (Lipinski definition) is 3. The summed E-state index contributed by atoms with van der Waals surface area (Å²) in [6.45, 7) is 2.27. The van der Waals surface area contributed by atoms with Gasteiger partial charge in [-0.25, -0.2) is 0 Å². The largest absolute Gasteiger partial charge is 0.480 e. The number of hydrogen-bond donors (Lipinski definition) is 2. The van der Waals surface area contributed by atoms with E-state index in [1.54, 1.807) is 0 Å². The number of carbonyl (C=O) groups is 1. The molecule has 2 rings (SSSR count). The molecule has 2 heterocycles. The lowest BCUT2D eigenvalue weighted by Gasteiger charge is -2.50.